The minimum absolute atomic E-state index is 0.177. The standard InChI is InChI=1S/C14H18BrFN2/c15-13-7-12(16)2-1-10(13)8-18-6-4-14-11(9-18)3-5-17-14/h1-2,7,11,14,17H,3-6,8-9H2. The summed E-state index contributed by atoms with van der Waals surface area (Å²) in [5.41, 5.74) is 1.18. The van der Waals surface area contributed by atoms with E-state index in [4.69, 9.17) is 0 Å². The van der Waals surface area contributed by atoms with E-state index in [2.05, 4.69) is 26.1 Å². The molecule has 0 saturated carbocycles. The number of likely N-dealkylation sites (tertiary alicyclic amines) is 1. The van der Waals surface area contributed by atoms with Crippen molar-refractivity contribution in [2.45, 2.75) is 25.4 Å². The minimum atomic E-state index is -0.177. The van der Waals surface area contributed by atoms with Crippen LogP contribution in [0.2, 0.25) is 0 Å². The molecule has 0 aliphatic carbocycles. The van der Waals surface area contributed by atoms with Crippen molar-refractivity contribution in [2.24, 2.45) is 5.92 Å². The molecule has 1 aromatic carbocycles. The smallest absolute Gasteiger partial charge is 0.124 e. The van der Waals surface area contributed by atoms with Crippen molar-refractivity contribution in [3.05, 3.63) is 34.1 Å². The van der Waals surface area contributed by atoms with Crippen LogP contribution in [0.5, 0.6) is 0 Å². The van der Waals surface area contributed by atoms with Gasteiger partial charge < -0.3 is 5.32 Å². The molecule has 2 fully saturated rings. The molecule has 2 atom stereocenters. The highest BCUT2D eigenvalue weighted by atomic mass is 79.9. The summed E-state index contributed by atoms with van der Waals surface area (Å²) in [5.74, 6) is 0.627. The predicted octanol–water partition coefficient (Wildman–Crippen LogP) is 2.77. The maximum absolute atomic E-state index is 13.1. The molecular weight excluding hydrogens is 295 g/mol. The van der Waals surface area contributed by atoms with E-state index in [1.165, 1.54) is 31.5 Å². The quantitative estimate of drug-likeness (QED) is 0.903. The first-order valence-electron chi connectivity index (χ1n) is 6.62. The molecule has 0 radical (unpaired) electrons. The molecule has 2 heterocycles. The van der Waals surface area contributed by atoms with Crippen molar-refractivity contribution >= 4 is 15.9 Å². The van der Waals surface area contributed by atoms with Crippen molar-refractivity contribution in [3.8, 4) is 0 Å². The number of nitrogens with one attached hydrogen (secondary N) is 1. The lowest BCUT2D eigenvalue weighted by atomic mass is 9.93. The highest BCUT2D eigenvalue weighted by molar-refractivity contribution is 9.10. The molecule has 0 bridgehead atoms. The van der Waals surface area contributed by atoms with Gasteiger partial charge in [0.2, 0.25) is 0 Å². The lowest BCUT2D eigenvalue weighted by molar-refractivity contribution is 0.155. The van der Waals surface area contributed by atoms with Gasteiger partial charge in [-0.25, -0.2) is 4.39 Å². The van der Waals surface area contributed by atoms with Gasteiger partial charge in [0.1, 0.15) is 5.82 Å². The van der Waals surface area contributed by atoms with Crippen LogP contribution in [0.25, 0.3) is 0 Å². The third-order valence-electron chi connectivity index (χ3n) is 4.15. The molecule has 3 rings (SSSR count). The number of halogens is 2. The van der Waals surface area contributed by atoms with Crippen molar-refractivity contribution in [2.75, 3.05) is 19.6 Å². The van der Waals surface area contributed by atoms with E-state index < -0.39 is 0 Å². The number of hydrogen-bond donors (Lipinski definition) is 1. The Labute approximate surface area is 116 Å². The predicted molar refractivity (Wildman–Crippen MR) is 73.9 cm³/mol. The second-order valence-electron chi connectivity index (χ2n) is 5.37. The average Bonchev–Trinajstić information content (AvgIpc) is 2.80. The minimum Gasteiger partial charge on any atom is -0.314 e. The number of fused-ring (bicyclic) bond motifs is 1. The summed E-state index contributed by atoms with van der Waals surface area (Å²) in [7, 11) is 0. The summed E-state index contributed by atoms with van der Waals surface area (Å²) < 4.78 is 13.9. The molecule has 0 amide bonds. The van der Waals surface area contributed by atoms with Crippen LogP contribution in [0.15, 0.2) is 22.7 Å². The van der Waals surface area contributed by atoms with Crippen LogP contribution in [-0.4, -0.2) is 30.6 Å². The van der Waals surface area contributed by atoms with Gasteiger partial charge in [-0.05, 0) is 49.5 Å². The molecule has 1 N–H and O–H groups in total. The van der Waals surface area contributed by atoms with Crippen molar-refractivity contribution < 1.29 is 4.39 Å². The number of hydrogen-bond acceptors (Lipinski definition) is 2. The Hall–Kier alpha value is -0.450. The van der Waals surface area contributed by atoms with Crippen molar-refractivity contribution in [1.29, 1.82) is 0 Å². The van der Waals surface area contributed by atoms with E-state index >= 15 is 0 Å². The van der Waals surface area contributed by atoms with Crippen LogP contribution in [0.3, 0.4) is 0 Å². The van der Waals surface area contributed by atoms with Gasteiger partial charge in [0.25, 0.3) is 0 Å². The molecule has 0 aromatic heterocycles. The summed E-state index contributed by atoms with van der Waals surface area (Å²) in [4.78, 5) is 2.49. The second-order valence-corrected chi connectivity index (χ2v) is 6.22. The van der Waals surface area contributed by atoms with Gasteiger partial charge in [0, 0.05) is 23.6 Å². The highest BCUT2D eigenvalue weighted by Crippen LogP contribution is 2.27. The topological polar surface area (TPSA) is 15.3 Å². The van der Waals surface area contributed by atoms with Crippen LogP contribution in [-0.2, 0) is 6.54 Å². The monoisotopic (exact) mass is 312 g/mol. The van der Waals surface area contributed by atoms with Gasteiger partial charge in [-0.2, -0.15) is 0 Å². The Morgan fingerprint density at radius 2 is 2.28 bits per heavy atom. The fourth-order valence-electron chi connectivity index (χ4n) is 3.16. The summed E-state index contributed by atoms with van der Waals surface area (Å²) >= 11 is 3.45. The van der Waals surface area contributed by atoms with E-state index in [1.54, 1.807) is 12.1 Å². The van der Waals surface area contributed by atoms with Gasteiger partial charge in [0.05, 0.1) is 0 Å². The van der Waals surface area contributed by atoms with E-state index in [1.807, 2.05) is 6.07 Å². The Bertz CT molecular complexity index is 438. The molecule has 2 saturated heterocycles. The first-order valence-corrected chi connectivity index (χ1v) is 7.41. The van der Waals surface area contributed by atoms with Crippen LogP contribution >= 0.6 is 15.9 Å². The SMILES string of the molecule is Fc1ccc(CN2CCC3NCCC3C2)c(Br)c1. The fraction of sp³-hybridized carbons (Fsp3) is 0.571. The summed E-state index contributed by atoms with van der Waals surface area (Å²) in [6, 6.07) is 5.72. The lowest BCUT2D eigenvalue weighted by Crippen LogP contribution is -2.43. The molecule has 2 unspecified atom stereocenters. The van der Waals surface area contributed by atoms with E-state index in [9.17, 15) is 4.39 Å². The summed E-state index contributed by atoms with van der Waals surface area (Å²) in [5, 5.41) is 3.58. The van der Waals surface area contributed by atoms with E-state index in [0.717, 1.165) is 29.5 Å². The molecule has 2 nitrogen and oxygen atoms in total. The van der Waals surface area contributed by atoms with Crippen LogP contribution < -0.4 is 5.32 Å². The second kappa shape index (κ2) is 5.27. The third kappa shape index (κ3) is 2.60. The lowest BCUT2D eigenvalue weighted by Gasteiger charge is -2.35. The third-order valence-corrected chi connectivity index (χ3v) is 4.89. The zero-order valence-corrected chi connectivity index (χ0v) is 11.9. The first-order chi connectivity index (χ1) is 8.72. The van der Waals surface area contributed by atoms with Crippen molar-refractivity contribution in [3.63, 3.8) is 0 Å². The highest BCUT2D eigenvalue weighted by Gasteiger charge is 2.32. The molecule has 98 valence electrons. The van der Waals surface area contributed by atoms with Crippen LogP contribution in [0.4, 0.5) is 4.39 Å². The number of piperidine rings is 1. The zero-order chi connectivity index (χ0) is 12.5. The van der Waals surface area contributed by atoms with Crippen LogP contribution in [0, 0.1) is 11.7 Å². The van der Waals surface area contributed by atoms with Gasteiger partial charge >= 0.3 is 0 Å². The number of rotatable bonds is 2. The zero-order valence-electron chi connectivity index (χ0n) is 10.3. The fourth-order valence-corrected chi connectivity index (χ4v) is 3.63. The molecule has 18 heavy (non-hydrogen) atoms. The van der Waals surface area contributed by atoms with E-state index in [0.29, 0.717) is 0 Å². The molecule has 2 aliphatic heterocycles. The summed E-state index contributed by atoms with van der Waals surface area (Å²) in [6.07, 6.45) is 2.54. The Morgan fingerprint density at radius 1 is 1.39 bits per heavy atom. The maximum atomic E-state index is 13.1. The summed E-state index contributed by atoms with van der Waals surface area (Å²) in [6.45, 7) is 4.40. The van der Waals surface area contributed by atoms with Gasteiger partial charge in [-0.1, -0.05) is 22.0 Å². The number of nitrogens with zero attached hydrogens (tertiary/aromatic N) is 1. The molecule has 2 aliphatic rings. The molecular formula is C14H18BrFN2. The van der Waals surface area contributed by atoms with Gasteiger partial charge in [-0.15, -0.1) is 0 Å². The Kier molecular flexibility index (Phi) is 3.68. The van der Waals surface area contributed by atoms with Crippen molar-refractivity contribution in [1.82, 2.24) is 10.2 Å². The van der Waals surface area contributed by atoms with Crippen LogP contribution in [0.1, 0.15) is 18.4 Å². The molecule has 1 aromatic rings. The normalized spacial score (nSPS) is 28.3. The average molecular weight is 313 g/mol. The maximum Gasteiger partial charge on any atom is 0.124 e. The Morgan fingerprint density at radius 3 is 3.11 bits per heavy atom. The Balaban J connectivity index is 1.66. The first kappa shape index (κ1) is 12.6. The van der Waals surface area contributed by atoms with E-state index in [-0.39, 0.29) is 5.82 Å². The molecule has 4 heteroatoms. The molecule has 0 spiro atoms. The number of benzene rings is 1. The van der Waals surface area contributed by atoms with Gasteiger partial charge in [-0.3, -0.25) is 4.90 Å². The van der Waals surface area contributed by atoms with Gasteiger partial charge in [0.15, 0.2) is 0 Å². The largest absolute Gasteiger partial charge is 0.314 e.